The first-order valence-corrected chi connectivity index (χ1v) is 11.0. The molecule has 0 aliphatic carbocycles. The van der Waals surface area contributed by atoms with Crippen molar-refractivity contribution in [2.75, 3.05) is 25.3 Å². The molecule has 0 aliphatic rings. The summed E-state index contributed by atoms with van der Waals surface area (Å²) < 4.78 is 13.7. The van der Waals surface area contributed by atoms with Crippen LogP contribution in [0.4, 0.5) is 5.69 Å². The predicted octanol–water partition coefficient (Wildman–Crippen LogP) is 3.83. The van der Waals surface area contributed by atoms with Crippen molar-refractivity contribution >= 4 is 56.9 Å². The van der Waals surface area contributed by atoms with Crippen LogP contribution in [0.1, 0.15) is 0 Å². The quantitative estimate of drug-likeness (QED) is 0.339. The largest absolute Gasteiger partial charge is 0.497 e. The van der Waals surface area contributed by atoms with Gasteiger partial charge in [0.25, 0.3) is 5.56 Å². The van der Waals surface area contributed by atoms with Crippen molar-refractivity contribution in [2.45, 2.75) is 5.16 Å². The lowest BCUT2D eigenvalue weighted by Gasteiger charge is -2.09. The van der Waals surface area contributed by atoms with Crippen LogP contribution in [0.25, 0.3) is 21.9 Å². The minimum Gasteiger partial charge on any atom is -0.497 e. The predicted molar refractivity (Wildman–Crippen MR) is 127 cm³/mol. The standard InChI is InChI=1S/C22H21ClN4O4S/c1-26-16-7-6-13(30-3)10-14(16)19-20(26)21(29)27(2)22(25-19)32-11-18(28)24-12-5-8-17(31-4)15(23)9-12/h5-10H,11H2,1-4H3,(H,24,28). The number of anilines is 1. The van der Waals surface area contributed by atoms with Gasteiger partial charge in [0.2, 0.25) is 5.91 Å². The molecule has 8 nitrogen and oxygen atoms in total. The molecule has 4 rings (SSSR count). The molecule has 1 N–H and O–H groups in total. The number of benzene rings is 2. The van der Waals surface area contributed by atoms with Crippen molar-refractivity contribution in [1.82, 2.24) is 14.1 Å². The number of fused-ring (bicyclic) bond motifs is 3. The van der Waals surface area contributed by atoms with Crippen molar-refractivity contribution in [3.05, 3.63) is 51.8 Å². The Kier molecular flexibility index (Phi) is 6.03. The lowest BCUT2D eigenvalue weighted by Crippen LogP contribution is -2.22. The number of carbonyl (C=O) groups is 1. The zero-order valence-corrected chi connectivity index (χ0v) is 19.5. The summed E-state index contributed by atoms with van der Waals surface area (Å²) in [6.07, 6.45) is 0. The lowest BCUT2D eigenvalue weighted by molar-refractivity contribution is -0.113. The highest BCUT2D eigenvalue weighted by atomic mass is 35.5. The Morgan fingerprint density at radius 2 is 1.91 bits per heavy atom. The zero-order valence-electron chi connectivity index (χ0n) is 17.9. The van der Waals surface area contributed by atoms with Gasteiger partial charge in [-0.1, -0.05) is 23.4 Å². The number of thioether (sulfide) groups is 1. The Bertz CT molecular complexity index is 1410. The molecule has 0 unspecified atom stereocenters. The molecule has 0 saturated carbocycles. The maximum absolute atomic E-state index is 13.1. The number of aryl methyl sites for hydroxylation is 1. The van der Waals surface area contributed by atoms with Crippen LogP contribution in [0.2, 0.25) is 5.02 Å². The van der Waals surface area contributed by atoms with Crippen molar-refractivity contribution < 1.29 is 14.3 Å². The molecular weight excluding hydrogens is 452 g/mol. The molecule has 4 aromatic rings. The molecule has 0 bridgehead atoms. The van der Waals surface area contributed by atoms with E-state index >= 15 is 0 Å². The summed E-state index contributed by atoms with van der Waals surface area (Å²) in [5.74, 6) is 1.03. The molecular formula is C22H21ClN4O4S. The summed E-state index contributed by atoms with van der Waals surface area (Å²) in [5.41, 5.74) is 2.32. The Labute approximate surface area is 193 Å². The summed E-state index contributed by atoms with van der Waals surface area (Å²) in [5, 5.41) is 4.45. The third-order valence-corrected chi connectivity index (χ3v) is 6.47. The van der Waals surface area contributed by atoms with E-state index in [-0.39, 0.29) is 17.2 Å². The van der Waals surface area contributed by atoms with E-state index < -0.39 is 0 Å². The number of carbonyl (C=O) groups excluding carboxylic acids is 1. The average Bonchev–Trinajstić information content (AvgIpc) is 3.06. The number of methoxy groups -OCH3 is 2. The molecule has 0 aliphatic heterocycles. The number of aromatic nitrogens is 3. The van der Waals surface area contributed by atoms with Crippen LogP contribution in [0.3, 0.4) is 0 Å². The average molecular weight is 473 g/mol. The zero-order chi connectivity index (χ0) is 23.0. The van der Waals surface area contributed by atoms with Gasteiger partial charge in [-0.3, -0.25) is 14.2 Å². The third kappa shape index (κ3) is 3.89. The van der Waals surface area contributed by atoms with E-state index in [2.05, 4.69) is 5.32 Å². The molecule has 0 radical (unpaired) electrons. The SMILES string of the molecule is COc1ccc2c(c1)c1nc(SCC(=O)Nc3ccc(OC)c(Cl)c3)n(C)c(=O)c1n2C. The first-order chi connectivity index (χ1) is 15.3. The van der Waals surface area contributed by atoms with Crippen LogP contribution < -0.4 is 20.3 Å². The lowest BCUT2D eigenvalue weighted by atomic mass is 10.2. The first-order valence-electron chi connectivity index (χ1n) is 9.63. The van der Waals surface area contributed by atoms with Gasteiger partial charge in [-0.2, -0.15) is 0 Å². The van der Waals surface area contributed by atoms with E-state index in [0.29, 0.717) is 38.4 Å². The molecule has 0 spiro atoms. The van der Waals surface area contributed by atoms with Crippen LogP contribution in [0.5, 0.6) is 11.5 Å². The fourth-order valence-electron chi connectivity index (χ4n) is 3.51. The highest BCUT2D eigenvalue weighted by Gasteiger charge is 2.18. The molecule has 10 heteroatoms. The van der Waals surface area contributed by atoms with Crippen LogP contribution in [-0.2, 0) is 18.9 Å². The Morgan fingerprint density at radius 1 is 1.12 bits per heavy atom. The number of halogens is 1. The minimum atomic E-state index is -0.245. The van der Waals surface area contributed by atoms with Crippen molar-refractivity contribution in [3.63, 3.8) is 0 Å². The number of hydrogen-bond donors (Lipinski definition) is 1. The van der Waals surface area contributed by atoms with Crippen molar-refractivity contribution in [1.29, 1.82) is 0 Å². The van der Waals surface area contributed by atoms with Crippen LogP contribution in [-0.4, -0.2) is 40.0 Å². The fraction of sp³-hybridized carbons (Fsp3) is 0.227. The summed E-state index contributed by atoms with van der Waals surface area (Å²) in [4.78, 5) is 30.2. The summed E-state index contributed by atoms with van der Waals surface area (Å²) in [7, 11) is 6.60. The highest BCUT2D eigenvalue weighted by Crippen LogP contribution is 2.30. The second-order valence-electron chi connectivity index (χ2n) is 7.08. The molecule has 1 amide bonds. The number of nitrogens with one attached hydrogen (secondary N) is 1. The molecule has 2 heterocycles. The van der Waals surface area contributed by atoms with E-state index in [1.54, 1.807) is 32.4 Å². The maximum atomic E-state index is 13.1. The maximum Gasteiger partial charge on any atom is 0.278 e. The normalized spacial score (nSPS) is 11.2. The molecule has 0 saturated heterocycles. The molecule has 0 atom stereocenters. The van der Waals surface area contributed by atoms with E-state index in [1.165, 1.54) is 23.4 Å². The third-order valence-electron chi connectivity index (χ3n) is 5.15. The van der Waals surface area contributed by atoms with Crippen LogP contribution >= 0.6 is 23.4 Å². The second kappa shape index (κ2) is 8.76. The highest BCUT2D eigenvalue weighted by molar-refractivity contribution is 7.99. The van der Waals surface area contributed by atoms with Gasteiger partial charge < -0.3 is 19.4 Å². The Balaban J connectivity index is 1.62. The topological polar surface area (TPSA) is 87.4 Å². The number of amides is 1. The molecule has 166 valence electrons. The molecule has 32 heavy (non-hydrogen) atoms. The fourth-order valence-corrected chi connectivity index (χ4v) is 4.53. The first kappa shape index (κ1) is 22.0. The van der Waals surface area contributed by atoms with Crippen molar-refractivity contribution in [2.24, 2.45) is 14.1 Å². The Hall–Kier alpha value is -3.17. The summed E-state index contributed by atoms with van der Waals surface area (Å²) >= 11 is 7.30. The minimum absolute atomic E-state index is 0.0729. The van der Waals surface area contributed by atoms with E-state index in [9.17, 15) is 9.59 Å². The van der Waals surface area contributed by atoms with E-state index in [4.69, 9.17) is 26.1 Å². The second-order valence-corrected chi connectivity index (χ2v) is 8.43. The van der Waals surface area contributed by atoms with Gasteiger partial charge >= 0.3 is 0 Å². The van der Waals surface area contributed by atoms with Crippen LogP contribution in [0.15, 0.2) is 46.3 Å². The van der Waals surface area contributed by atoms with Gasteiger partial charge in [-0.25, -0.2) is 4.98 Å². The van der Waals surface area contributed by atoms with Gasteiger partial charge in [0.15, 0.2) is 5.16 Å². The van der Waals surface area contributed by atoms with Crippen LogP contribution in [0, 0.1) is 0 Å². The van der Waals surface area contributed by atoms with E-state index in [0.717, 1.165) is 10.9 Å². The monoisotopic (exact) mass is 472 g/mol. The van der Waals surface area contributed by atoms with Crippen molar-refractivity contribution in [3.8, 4) is 11.5 Å². The number of rotatable bonds is 6. The van der Waals surface area contributed by atoms with Gasteiger partial charge in [-0.15, -0.1) is 0 Å². The number of hydrogen-bond acceptors (Lipinski definition) is 6. The summed E-state index contributed by atoms with van der Waals surface area (Å²) in [6.45, 7) is 0. The summed E-state index contributed by atoms with van der Waals surface area (Å²) in [6, 6.07) is 10.6. The van der Waals surface area contributed by atoms with Gasteiger partial charge in [0.1, 0.15) is 22.5 Å². The molecule has 2 aromatic carbocycles. The van der Waals surface area contributed by atoms with Gasteiger partial charge in [0.05, 0.1) is 30.5 Å². The smallest absolute Gasteiger partial charge is 0.278 e. The van der Waals surface area contributed by atoms with Gasteiger partial charge in [0, 0.05) is 25.2 Å². The molecule has 2 aromatic heterocycles. The number of nitrogens with zero attached hydrogens (tertiary/aromatic N) is 3. The number of ether oxygens (including phenoxy) is 2. The van der Waals surface area contributed by atoms with E-state index in [1.807, 2.05) is 29.8 Å². The molecule has 0 fully saturated rings. The van der Waals surface area contributed by atoms with Gasteiger partial charge in [-0.05, 0) is 36.4 Å². The Morgan fingerprint density at radius 3 is 2.59 bits per heavy atom.